The minimum absolute atomic E-state index is 0.388. The summed E-state index contributed by atoms with van der Waals surface area (Å²) in [5, 5.41) is 3.97. The molecule has 0 saturated heterocycles. The maximum absolute atomic E-state index is 12.2. The molecular weight excluding hydrogens is 416 g/mol. The van der Waals surface area contributed by atoms with Crippen LogP contribution in [0.2, 0.25) is 0 Å². The first-order valence-corrected chi connectivity index (χ1v) is 8.83. The third kappa shape index (κ3) is 5.37. The first-order chi connectivity index (χ1) is 13.0. The largest absolute Gasteiger partial charge is 0.496 e. The summed E-state index contributed by atoms with van der Waals surface area (Å²) in [7, 11) is 4.61. The number of methoxy groups -OCH3 is 3. The maximum Gasteiger partial charge on any atom is 0.280 e. The first kappa shape index (κ1) is 20.6. The smallest absolute Gasteiger partial charge is 0.280 e. The minimum atomic E-state index is -0.729. The number of hydrogen-bond donors (Lipinski definition) is 1. The summed E-state index contributed by atoms with van der Waals surface area (Å²) in [6, 6.07) is 10.7. The number of ether oxygens (including phenoxy) is 4. The molecule has 0 spiro atoms. The molecule has 0 aromatic heterocycles. The normalized spacial score (nSPS) is 11.7. The lowest BCUT2D eigenvalue weighted by Crippen LogP contribution is -2.33. The maximum atomic E-state index is 12.2. The van der Waals surface area contributed by atoms with E-state index in [1.807, 2.05) is 18.2 Å². The highest BCUT2D eigenvalue weighted by Gasteiger charge is 2.15. The highest BCUT2D eigenvalue weighted by molar-refractivity contribution is 9.10. The van der Waals surface area contributed by atoms with Crippen LogP contribution >= 0.6 is 15.9 Å². The number of hydrogen-bond acceptors (Lipinski definition) is 6. The van der Waals surface area contributed by atoms with Gasteiger partial charge in [-0.15, -0.1) is 0 Å². The van der Waals surface area contributed by atoms with Crippen molar-refractivity contribution < 1.29 is 23.7 Å². The molecule has 0 fully saturated rings. The highest BCUT2D eigenvalue weighted by atomic mass is 79.9. The standard InChI is InChI=1S/C19H21BrN2O5/c1-12(27-15-8-6-5-7-14(15)20)19(23)22-21-11-13-9-17(25-3)18(26-4)10-16(13)24-2/h5-12H,1-4H3,(H,22,23)/b21-11+. The number of benzene rings is 2. The first-order valence-electron chi connectivity index (χ1n) is 8.04. The van der Waals surface area contributed by atoms with Crippen molar-refractivity contribution in [3.8, 4) is 23.0 Å². The van der Waals surface area contributed by atoms with Gasteiger partial charge in [-0.1, -0.05) is 12.1 Å². The van der Waals surface area contributed by atoms with Crippen LogP contribution in [0.4, 0.5) is 0 Å². The molecule has 27 heavy (non-hydrogen) atoms. The summed E-state index contributed by atoms with van der Waals surface area (Å²) < 4.78 is 22.2. The fraction of sp³-hybridized carbons (Fsp3) is 0.263. The van der Waals surface area contributed by atoms with Crippen molar-refractivity contribution in [1.82, 2.24) is 5.43 Å². The van der Waals surface area contributed by atoms with Crippen LogP contribution in [0.15, 0.2) is 46.0 Å². The van der Waals surface area contributed by atoms with E-state index in [0.717, 1.165) is 4.47 Å². The molecule has 0 aliphatic rings. The predicted molar refractivity (Wildman–Crippen MR) is 106 cm³/mol. The van der Waals surface area contributed by atoms with Crippen LogP contribution < -0.4 is 24.4 Å². The SMILES string of the molecule is COc1cc(OC)c(OC)cc1/C=N/NC(=O)C(C)Oc1ccccc1Br. The van der Waals surface area contributed by atoms with Gasteiger partial charge in [0.15, 0.2) is 17.6 Å². The van der Waals surface area contributed by atoms with Gasteiger partial charge in [-0.05, 0) is 41.1 Å². The van der Waals surface area contributed by atoms with Crippen molar-refractivity contribution in [3.63, 3.8) is 0 Å². The number of rotatable bonds is 8. The molecule has 0 radical (unpaired) electrons. The molecule has 1 amide bonds. The second-order valence-corrected chi connectivity index (χ2v) is 6.23. The van der Waals surface area contributed by atoms with Crippen molar-refractivity contribution in [2.75, 3.05) is 21.3 Å². The number of nitrogens with zero attached hydrogens (tertiary/aromatic N) is 1. The van der Waals surface area contributed by atoms with Gasteiger partial charge >= 0.3 is 0 Å². The van der Waals surface area contributed by atoms with Gasteiger partial charge in [-0.2, -0.15) is 5.10 Å². The van der Waals surface area contributed by atoms with E-state index < -0.39 is 6.10 Å². The van der Waals surface area contributed by atoms with Crippen LogP contribution in [0.1, 0.15) is 12.5 Å². The van der Waals surface area contributed by atoms with E-state index in [1.54, 1.807) is 25.1 Å². The Morgan fingerprint density at radius 1 is 1.04 bits per heavy atom. The zero-order valence-corrected chi connectivity index (χ0v) is 17.1. The summed E-state index contributed by atoms with van der Waals surface area (Å²) in [4.78, 5) is 12.2. The Morgan fingerprint density at radius 3 is 2.30 bits per heavy atom. The van der Waals surface area contributed by atoms with Crippen molar-refractivity contribution in [1.29, 1.82) is 0 Å². The summed E-state index contributed by atoms with van der Waals surface area (Å²) in [6.45, 7) is 1.64. The van der Waals surface area contributed by atoms with Crippen LogP contribution in [-0.2, 0) is 4.79 Å². The molecule has 0 bridgehead atoms. The molecule has 1 unspecified atom stereocenters. The summed E-state index contributed by atoms with van der Waals surface area (Å²) in [6.07, 6.45) is 0.734. The molecule has 2 rings (SSSR count). The van der Waals surface area contributed by atoms with Crippen molar-refractivity contribution in [2.45, 2.75) is 13.0 Å². The molecule has 7 nitrogen and oxygen atoms in total. The monoisotopic (exact) mass is 436 g/mol. The lowest BCUT2D eigenvalue weighted by Gasteiger charge is -2.14. The van der Waals surface area contributed by atoms with E-state index in [-0.39, 0.29) is 5.91 Å². The second-order valence-electron chi connectivity index (χ2n) is 5.37. The van der Waals surface area contributed by atoms with Crippen molar-refractivity contribution in [2.24, 2.45) is 5.10 Å². The number of halogens is 1. The second kappa shape index (κ2) is 9.82. The van der Waals surface area contributed by atoms with Crippen LogP contribution in [0.25, 0.3) is 0 Å². The number of para-hydroxylation sites is 1. The Morgan fingerprint density at radius 2 is 1.67 bits per heavy atom. The molecule has 144 valence electrons. The van der Waals surface area contributed by atoms with E-state index >= 15 is 0 Å². The molecule has 1 atom stereocenters. The van der Waals surface area contributed by atoms with Gasteiger partial charge in [0.05, 0.1) is 32.0 Å². The minimum Gasteiger partial charge on any atom is -0.496 e. The average Bonchev–Trinajstić information content (AvgIpc) is 2.68. The van der Waals surface area contributed by atoms with Gasteiger partial charge in [-0.3, -0.25) is 4.79 Å². The fourth-order valence-electron chi connectivity index (χ4n) is 2.19. The molecule has 0 heterocycles. The molecule has 2 aromatic carbocycles. The molecule has 2 aromatic rings. The average molecular weight is 437 g/mol. The summed E-state index contributed by atoms with van der Waals surface area (Å²) in [5.41, 5.74) is 3.07. The Hall–Kier alpha value is -2.74. The van der Waals surface area contributed by atoms with E-state index in [1.165, 1.54) is 27.5 Å². The third-order valence-corrected chi connectivity index (χ3v) is 4.28. The number of carbonyl (C=O) groups is 1. The highest BCUT2D eigenvalue weighted by Crippen LogP contribution is 2.33. The topological polar surface area (TPSA) is 78.4 Å². The quantitative estimate of drug-likeness (QED) is 0.506. The van der Waals surface area contributed by atoms with E-state index in [4.69, 9.17) is 18.9 Å². The van der Waals surface area contributed by atoms with E-state index in [0.29, 0.717) is 28.6 Å². The zero-order chi connectivity index (χ0) is 19.8. The van der Waals surface area contributed by atoms with Gasteiger partial charge in [0.25, 0.3) is 5.91 Å². The van der Waals surface area contributed by atoms with Crippen LogP contribution in [0.5, 0.6) is 23.0 Å². The molecule has 0 saturated carbocycles. The molecule has 1 N–H and O–H groups in total. The Kier molecular flexibility index (Phi) is 7.48. The lowest BCUT2D eigenvalue weighted by atomic mass is 10.2. The van der Waals surface area contributed by atoms with Gasteiger partial charge < -0.3 is 18.9 Å². The van der Waals surface area contributed by atoms with Crippen molar-refractivity contribution in [3.05, 3.63) is 46.4 Å². The summed E-state index contributed by atoms with van der Waals surface area (Å²) >= 11 is 3.38. The Bertz CT molecular complexity index is 826. The van der Waals surface area contributed by atoms with Crippen LogP contribution in [-0.4, -0.2) is 39.6 Å². The molecule has 8 heteroatoms. The van der Waals surface area contributed by atoms with Crippen molar-refractivity contribution >= 4 is 28.1 Å². The fourth-order valence-corrected chi connectivity index (χ4v) is 2.57. The predicted octanol–water partition coefficient (Wildman–Crippen LogP) is 3.39. The van der Waals surface area contributed by atoms with Gasteiger partial charge in [0.2, 0.25) is 0 Å². The lowest BCUT2D eigenvalue weighted by molar-refractivity contribution is -0.127. The Labute approximate surface area is 166 Å². The van der Waals surface area contributed by atoms with Crippen LogP contribution in [0.3, 0.4) is 0 Å². The summed E-state index contributed by atoms with van der Waals surface area (Å²) in [5.74, 6) is 1.78. The molecular formula is C19H21BrN2O5. The molecule has 0 aliphatic heterocycles. The number of nitrogens with one attached hydrogen (secondary N) is 1. The number of carbonyl (C=O) groups excluding carboxylic acids is 1. The van der Waals surface area contributed by atoms with Gasteiger partial charge in [0, 0.05) is 11.6 Å². The number of hydrazone groups is 1. The van der Waals surface area contributed by atoms with Crippen LogP contribution in [0, 0.1) is 0 Å². The van der Waals surface area contributed by atoms with E-state index in [9.17, 15) is 4.79 Å². The zero-order valence-electron chi connectivity index (χ0n) is 15.5. The van der Waals surface area contributed by atoms with Gasteiger partial charge in [0.1, 0.15) is 11.5 Å². The third-order valence-electron chi connectivity index (χ3n) is 3.62. The Balaban J connectivity index is 2.06. The molecule has 0 aliphatic carbocycles. The van der Waals surface area contributed by atoms with Gasteiger partial charge in [-0.25, -0.2) is 5.43 Å². The van der Waals surface area contributed by atoms with E-state index in [2.05, 4.69) is 26.5 Å². The number of amides is 1.